The molecule has 0 bridgehead atoms. The summed E-state index contributed by atoms with van der Waals surface area (Å²) in [7, 11) is 0. The van der Waals surface area contributed by atoms with Gasteiger partial charge in [-0.2, -0.15) is 0 Å². The Bertz CT molecular complexity index is 362. The summed E-state index contributed by atoms with van der Waals surface area (Å²) < 4.78 is 0. The van der Waals surface area contributed by atoms with E-state index in [1.165, 1.54) is 0 Å². The number of halogens is 1. The Labute approximate surface area is 86.3 Å². The molecule has 0 aromatic heterocycles. The lowest BCUT2D eigenvalue weighted by atomic mass is 10.3. The maximum absolute atomic E-state index is 7.23. The summed E-state index contributed by atoms with van der Waals surface area (Å²) in [5.41, 5.74) is 11.0. The molecule has 0 aliphatic heterocycles. The Morgan fingerprint density at radius 3 is 2.21 bits per heavy atom. The zero-order valence-corrected chi connectivity index (χ0v) is 8.05. The van der Waals surface area contributed by atoms with E-state index in [-0.39, 0.29) is 11.9 Å². The molecule has 1 aromatic rings. The number of guanidine groups is 2. The van der Waals surface area contributed by atoms with Gasteiger partial charge in [-0.05, 0) is 18.2 Å². The summed E-state index contributed by atoms with van der Waals surface area (Å²) in [5, 5.41) is 15.0. The number of hydrogen-bond donors (Lipinski definition) is 4. The van der Waals surface area contributed by atoms with E-state index in [4.69, 9.17) is 33.9 Å². The van der Waals surface area contributed by atoms with Crippen molar-refractivity contribution >= 4 is 29.2 Å². The van der Waals surface area contributed by atoms with Crippen LogP contribution in [0.3, 0.4) is 0 Å². The standard InChI is InChI=1S/C8H10ClN5/c9-5-2-1-3-6(4-5)14(7(10)11)8(12)13/h1-4H,(H3,10,11)(H3,12,13). The van der Waals surface area contributed by atoms with Gasteiger partial charge in [0.25, 0.3) is 0 Å². The highest BCUT2D eigenvalue weighted by atomic mass is 35.5. The third-order valence-corrected chi connectivity index (χ3v) is 1.78. The van der Waals surface area contributed by atoms with E-state index in [0.29, 0.717) is 10.7 Å². The van der Waals surface area contributed by atoms with E-state index in [0.717, 1.165) is 4.90 Å². The molecule has 0 spiro atoms. The highest BCUT2D eigenvalue weighted by Crippen LogP contribution is 2.18. The van der Waals surface area contributed by atoms with E-state index in [2.05, 4.69) is 0 Å². The van der Waals surface area contributed by atoms with Gasteiger partial charge in [-0.15, -0.1) is 0 Å². The van der Waals surface area contributed by atoms with Crippen LogP contribution in [-0.2, 0) is 0 Å². The van der Waals surface area contributed by atoms with E-state index in [9.17, 15) is 0 Å². The average Bonchev–Trinajstić information content (AvgIpc) is 2.02. The maximum atomic E-state index is 7.23. The minimum Gasteiger partial charge on any atom is -0.369 e. The van der Waals surface area contributed by atoms with Crippen LogP contribution in [0.15, 0.2) is 24.3 Å². The van der Waals surface area contributed by atoms with Crippen LogP contribution in [0.25, 0.3) is 0 Å². The lowest BCUT2D eigenvalue weighted by Crippen LogP contribution is -2.45. The number of nitrogens with zero attached hydrogens (tertiary/aromatic N) is 1. The predicted molar refractivity (Wildman–Crippen MR) is 57.8 cm³/mol. The Hall–Kier alpha value is -1.75. The van der Waals surface area contributed by atoms with Crippen molar-refractivity contribution in [1.82, 2.24) is 0 Å². The van der Waals surface area contributed by atoms with Crippen molar-refractivity contribution in [3.05, 3.63) is 29.3 Å². The van der Waals surface area contributed by atoms with E-state index in [1.54, 1.807) is 24.3 Å². The first-order valence-corrected chi connectivity index (χ1v) is 4.14. The molecular weight excluding hydrogens is 202 g/mol. The molecule has 0 heterocycles. The van der Waals surface area contributed by atoms with Gasteiger partial charge >= 0.3 is 0 Å². The zero-order chi connectivity index (χ0) is 10.7. The summed E-state index contributed by atoms with van der Waals surface area (Å²) in [6.07, 6.45) is 0. The zero-order valence-electron chi connectivity index (χ0n) is 7.29. The van der Waals surface area contributed by atoms with Gasteiger partial charge in [0, 0.05) is 5.02 Å². The molecule has 0 unspecified atom stereocenters. The largest absolute Gasteiger partial charge is 0.369 e. The maximum Gasteiger partial charge on any atom is 0.200 e. The van der Waals surface area contributed by atoms with Gasteiger partial charge in [0.1, 0.15) is 0 Å². The van der Waals surface area contributed by atoms with Crippen LogP contribution in [0, 0.1) is 10.8 Å². The molecule has 1 rings (SSSR count). The Morgan fingerprint density at radius 2 is 1.79 bits per heavy atom. The molecule has 14 heavy (non-hydrogen) atoms. The summed E-state index contributed by atoms with van der Waals surface area (Å²) in [6.45, 7) is 0. The van der Waals surface area contributed by atoms with Crippen LogP contribution < -0.4 is 16.4 Å². The van der Waals surface area contributed by atoms with Crippen molar-refractivity contribution in [3.63, 3.8) is 0 Å². The summed E-state index contributed by atoms with van der Waals surface area (Å²) in [6, 6.07) is 6.61. The molecule has 74 valence electrons. The molecule has 0 atom stereocenters. The van der Waals surface area contributed by atoms with Gasteiger partial charge in [0.15, 0.2) is 11.9 Å². The van der Waals surface area contributed by atoms with Crippen LogP contribution in [0.5, 0.6) is 0 Å². The van der Waals surface area contributed by atoms with Gasteiger partial charge < -0.3 is 11.5 Å². The van der Waals surface area contributed by atoms with Crippen molar-refractivity contribution < 1.29 is 0 Å². The molecular formula is C8H10ClN5. The lowest BCUT2D eigenvalue weighted by molar-refractivity contribution is 1.24. The molecule has 1 aromatic carbocycles. The highest BCUT2D eigenvalue weighted by molar-refractivity contribution is 6.31. The second-order valence-electron chi connectivity index (χ2n) is 2.59. The first-order valence-electron chi connectivity index (χ1n) is 3.76. The van der Waals surface area contributed by atoms with Crippen molar-refractivity contribution in [2.45, 2.75) is 0 Å². The first kappa shape index (κ1) is 10.3. The normalized spacial score (nSPS) is 9.50. The smallest absolute Gasteiger partial charge is 0.200 e. The average molecular weight is 212 g/mol. The number of nitrogens with one attached hydrogen (secondary N) is 2. The third-order valence-electron chi connectivity index (χ3n) is 1.55. The van der Waals surface area contributed by atoms with E-state index < -0.39 is 0 Å². The number of anilines is 1. The molecule has 0 saturated heterocycles. The summed E-state index contributed by atoms with van der Waals surface area (Å²) in [4.78, 5) is 1.08. The van der Waals surface area contributed by atoms with Crippen LogP contribution in [-0.4, -0.2) is 11.9 Å². The predicted octanol–water partition coefficient (Wildman–Crippen LogP) is 0.933. The van der Waals surface area contributed by atoms with Crippen LogP contribution >= 0.6 is 11.6 Å². The monoisotopic (exact) mass is 211 g/mol. The topological polar surface area (TPSA) is 103 Å². The minimum atomic E-state index is -0.320. The highest BCUT2D eigenvalue weighted by Gasteiger charge is 2.12. The fourth-order valence-corrected chi connectivity index (χ4v) is 1.21. The SMILES string of the molecule is N=C(N)N(C(=N)N)c1cccc(Cl)c1. The van der Waals surface area contributed by atoms with Gasteiger partial charge in [-0.3, -0.25) is 15.7 Å². The number of hydrogen-bond acceptors (Lipinski definition) is 2. The Morgan fingerprint density at radius 1 is 1.21 bits per heavy atom. The lowest BCUT2D eigenvalue weighted by Gasteiger charge is -2.20. The van der Waals surface area contributed by atoms with Gasteiger partial charge in [-0.25, -0.2) is 0 Å². The number of benzene rings is 1. The molecule has 0 aliphatic carbocycles. The molecule has 0 fully saturated rings. The summed E-state index contributed by atoms with van der Waals surface area (Å²) in [5.74, 6) is -0.639. The molecule has 0 amide bonds. The quantitative estimate of drug-likeness (QED) is 0.410. The minimum absolute atomic E-state index is 0.320. The van der Waals surface area contributed by atoms with Crippen LogP contribution in [0.4, 0.5) is 5.69 Å². The van der Waals surface area contributed by atoms with E-state index in [1.807, 2.05) is 0 Å². The molecule has 6 heteroatoms. The van der Waals surface area contributed by atoms with Crippen molar-refractivity contribution in [2.24, 2.45) is 11.5 Å². The van der Waals surface area contributed by atoms with Crippen LogP contribution in [0.1, 0.15) is 0 Å². The summed E-state index contributed by atoms with van der Waals surface area (Å²) >= 11 is 5.75. The van der Waals surface area contributed by atoms with E-state index >= 15 is 0 Å². The Kier molecular flexibility index (Phi) is 2.93. The van der Waals surface area contributed by atoms with Crippen molar-refractivity contribution in [1.29, 1.82) is 10.8 Å². The second kappa shape index (κ2) is 3.97. The molecule has 0 radical (unpaired) electrons. The fourth-order valence-electron chi connectivity index (χ4n) is 1.02. The van der Waals surface area contributed by atoms with Crippen molar-refractivity contribution in [2.75, 3.05) is 4.90 Å². The first-order chi connectivity index (χ1) is 6.52. The molecule has 0 saturated carbocycles. The van der Waals surface area contributed by atoms with Crippen molar-refractivity contribution in [3.8, 4) is 0 Å². The third kappa shape index (κ3) is 2.14. The van der Waals surface area contributed by atoms with Gasteiger partial charge in [0.2, 0.25) is 0 Å². The molecule has 6 N–H and O–H groups in total. The van der Waals surface area contributed by atoms with Gasteiger partial charge in [0.05, 0.1) is 5.69 Å². The Balaban J connectivity index is 3.12. The van der Waals surface area contributed by atoms with Crippen LogP contribution in [0.2, 0.25) is 5.02 Å². The fraction of sp³-hybridized carbons (Fsp3) is 0. The number of rotatable bonds is 1. The van der Waals surface area contributed by atoms with Gasteiger partial charge in [-0.1, -0.05) is 17.7 Å². The molecule has 0 aliphatic rings. The second-order valence-corrected chi connectivity index (χ2v) is 3.02. The number of nitrogens with two attached hydrogens (primary N) is 2. The molecule has 5 nitrogen and oxygen atoms in total.